The molecule has 0 saturated carbocycles. The van der Waals surface area contributed by atoms with Crippen LogP contribution in [-0.2, 0) is 6.54 Å². The number of nitrogens with zero attached hydrogens (tertiary/aromatic N) is 2. The lowest BCUT2D eigenvalue weighted by Crippen LogP contribution is -2.29. The first-order chi connectivity index (χ1) is 8.76. The molecule has 4 heteroatoms. The van der Waals surface area contributed by atoms with Crippen molar-refractivity contribution in [2.45, 2.75) is 38.8 Å². The van der Waals surface area contributed by atoms with Crippen molar-refractivity contribution >= 4 is 5.84 Å². The van der Waals surface area contributed by atoms with Crippen LogP contribution in [0.1, 0.15) is 37.3 Å². The van der Waals surface area contributed by atoms with Crippen LogP contribution in [0.15, 0.2) is 29.4 Å². The summed E-state index contributed by atoms with van der Waals surface area (Å²) in [7, 11) is 0. The van der Waals surface area contributed by atoms with Crippen molar-refractivity contribution in [3.8, 4) is 0 Å². The van der Waals surface area contributed by atoms with E-state index >= 15 is 0 Å². The Bertz CT molecular complexity index is 431. The molecule has 0 aliphatic carbocycles. The minimum absolute atomic E-state index is 0.192. The van der Waals surface area contributed by atoms with Crippen LogP contribution in [0, 0.1) is 0 Å². The van der Waals surface area contributed by atoms with E-state index in [0.717, 1.165) is 24.2 Å². The standard InChI is InChI=1S/C14H21N3O/c1-2-12-7-5-9-17(12)10-11-6-3-4-8-13(11)14(15)16-18/h3-4,6,8,12,18H,2,5,7,9-10H2,1H3,(H2,15,16). The predicted octanol–water partition coefficient (Wildman–Crippen LogP) is 2.16. The van der Waals surface area contributed by atoms with Gasteiger partial charge in [0.05, 0.1) is 0 Å². The topological polar surface area (TPSA) is 61.8 Å². The summed E-state index contributed by atoms with van der Waals surface area (Å²) in [5, 5.41) is 11.9. The first kappa shape index (κ1) is 12.9. The minimum atomic E-state index is 0.192. The number of hydrogen-bond acceptors (Lipinski definition) is 3. The fourth-order valence-corrected chi connectivity index (χ4v) is 2.75. The van der Waals surface area contributed by atoms with Gasteiger partial charge >= 0.3 is 0 Å². The van der Waals surface area contributed by atoms with Gasteiger partial charge in [-0.15, -0.1) is 0 Å². The molecule has 0 radical (unpaired) electrons. The first-order valence-corrected chi connectivity index (χ1v) is 6.56. The largest absolute Gasteiger partial charge is 0.409 e. The molecular weight excluding hydrogens is 226 g/mol. The van der Waals surface area contributed by atoms with E-state index in [1.54, 1.807) is 0 Å². The van der Waals surface area contributed by atoms with Crippen molar-refractivity contribution in [3.63, 3.8) is 0 Å². The smallest absolute Gasteiger partial charge is 0.170 e. The molecule has 4 nitrogen and oxygen atoms in total. The fourth-order valence-electron chi connectivity index (χ4n) is 2.75. The number of oxime groups is 1. The van der Waals surface area contributed by atoms with Crippen LogP contribution >= 0.6 is 0 Å². The zero-order valence-electron chi connectivity index (χ0n) is 10.8. The maximum absolute atomic E-state index is 8.82. The van der Waals surface area contributed by atoms with E-state index in [9.17, 15) is 0 Å². The van der Waals surface area contributed by atoms with E-state index in [1.807, 2.05) is 18.2 Å². The molecule has 0 bridgehead atoms. The van der Waals surface area contributed by atoms with E-state index in [4.69, 9.17) is 10.9 Å². The maximum atomic E-state index is 8.82. The molecule has 1 aliphatic heterocycles. The fraction of sp³-hybridized carbons (Fsp3) is 0.500. The lowest BCUT2D eigenvalue weighted by Gasteiger charge is -2.24. The Hall–Kier alpha value is -1.55. The second-order valence-electron chi connectivity index (χ2n) is 4.82. The molecular formula is C14H21N3O. The SMILES string of the molecule is CCC1CCCN1Cc1ccccc1/C(N)=N/O. The van der Waals surface area contributed by atoms with Crippen LogP contribution in [0.25, 0.3) is 0 Å². The van der Waals surface area contributed by atoms with Crippen molar-refractivity contribution in [2.75, 3.05) is 6.54 Å². The van der Waals surface area contributed by atoms with E-state index in [1.165, 1.54) is 19.3 Å². The second-order valence-corrected chi connectivity index (χ2v) is 4.82. The van der Waals surface area contributed by atoms with E-state index in [-0.39, 0.29) is 5.84 Å². The highest BCUT2D eigenvalue weighted by molar-refractivity contribution is 5.98. The molecule has 1 heterocycles. The Morgan fingerprint density at radius 2 is 2.28 bits per heavy atom. The Morgan fingerprint density at radius 3 is 3.00 bits per heavy atom. The lowest BCUT2D eigenvalue weighted by atomic mass is 10.1. The molecule has 2 rings (SSSR count). The highest BCUT2D eigenvalue weighted by Crippen LogP contribution is 2.23. The van der Waals surface area contributed by atoms with Crippen LogP contribution < -0.4 is 5.73 Å². The lowest BCUT2D eigenvalue weighted by molar-refractivity contribution is 0.240. The number of amidine groups is 1. The zero-order valence-corrected chi connectivity index (χ0v) is 10.8. The molecule has 18 heavy (non-hydrogen) atoms. The van der Waals surface area contributed by atoms with Crippen LogP contribution in [0.3, 0.4) is 0 Å². The van der Waals surface area contributed by atoms with Gasteiger partial charge in [-0.3, -0.25) is 4.90 Å². The van der Waals surface area contributed by atoms with Crippen molar-refractivity contribution in [2.24, 2.45) is 10.9 Å². The first-order valence-electron chi connectivity index (χ1n) is 6.56. The van der Waals surface area contributed by atoms with Gasteiger partial charge in [-0.2, -0.15) is 0 Å². The molecule has 1 fully saturated rings. The van der Waals surface area contributed by atoms with Gasteiger partial charge in [0.2, 0.25) is 0 Å². The van der Waals surface area contributed by atoms with Gasteiger partial charge in [-0.1, -0.05) is 36.3 Å². The van der Waals surface area contributed by atoms with Gasteiger partial charge in [0.15, 0.2) is 5.84 Å². The third-order valence-electron chi connectivity index (χ3n) is 3.74. The van der Waals surface area contributed by atoms with Gasteiger partial charge in [0.25, 0.3) is 0 Å². The summed E-state index contributed by atoms with van der Waals surface area (Å²) in [5.41, 5.74) is 7.69. The summed E-state index contributed by atoms with van der Waals surface area (Å²) in [5.74, 6) is 0.192. The Kier molecular flexibility index (Phi) is 4.20. The molecule has 1 atom stereocenters. The summed E-state index contributed by atoms with van der Waals surface area (Å²) in [6.07, 6.45) is 3.73. The van der Waals surface area contributed by atoms with Crippen molar-refractivity contribution in [1.82, 2.24) is 4.90 Å². The molecule has 1 saturated heterocycles. The number of rotatable bonds is 4. The average molecular weight is 247 g/mol. The van der Waals surface area contributed by atoms with Gasteiger partial charge in [0, 0.05) is 18.2 Å². The minimum Gasteiger partial charge on any atom is -0.409 e. The Balaban J connectivity index is 2.18. The van der Waals surface area contributed by atoms with E-state index in [2.05, 4.69) is 23.0 Å². The molecule has 0 amide bonds. The normalized spacial score (nSPS) is 21.4. The number of nitrogens with two attached hydrogens (primary N) is 1. The molecule has 3 N–H and O–H groups in total. The maximum Gasteiger partial charge on any atom is 0.170 e. The molecule has 0 aromatic heterocycles. The number of hydrogen-bond donors (Lipinski definition) is 2. The Morgan fingerprint density at radius 1 is 1.50 bits per heavy atom. The number of benzene rings is 1. The number of likely N-dealkylation sites (tertiary alicyclic amines) is 1. The highest BCUT2D eigenvalue weighted by Gasteiger charge is 2.23. The quantitative estimate of drug-likeness (QED) is 0.371. The van der Waals surface area contributed by atoms with E-state index < -0.39 is 0 Å². The molecule has 1 aromatic carbocycles. The Labute approximate surface area is 108 Å². The zero-order chi connectivity index (χ0) is 13.0. The second kappa shape index (κ2) is 5.87. The summed E-state index contributed by atoms with van der Waals surface area (Å²) in [6, 6.07) is 8.55. The highest BCUT2D eigenvalue weighted by atomic mass is 16.4. The van der Waals surface area contributed by atoms with Gasteiger partial charge in [-0.05, 0) is 31.4 Å². The van der Waals surface area contributed by atoms with Gasteiger partial charge in [-0.25, -0.2) is 0 Å². The summed E-state index contributed by atoms with van der Waals surface area (Å²) < 4.78 is 0. The molecule has 98 valence electrons. The van der Waals surface area contributed by atoms with Crippen molar-refractivity contribution in [1.29, 1.82) is 0 Å². The van der Waals surface area contributed by atoms with Gasteiger partial charge in [0.1, 0.15) is 0 Å². The van der Waals surface area contributed by atoms with Crippen LogP contribution in [-0.4, -0.2) is 28.5 Å². The van der Waals surface area contributed by atoms with Crippen LogP contribution in [0.2, 0.25) is 0 Å². The molecule has 1 unspecified atom stereocenters. The molecule has 1 aliphatic rings. The van der Waals surface area contributed by atoms with Crippen molar-refractivity contribution < 1.29 is 5.21 Å². The third kappa shape index (κ3) is 2.64. The summed E-state index contributed by atoms with van der Waals surface area (Å²) >= 11 is 0. The molecule has 1 aromatic rings. The third-order valence-corrected chi connectivity index (χ3v) is 3.74. The van der Waals surface area contributed by atoms with E-state index in [0.29, 0.717) is 6.04 Å². The van der Waals surface area contributed by atoms with Crippen molar-refractivity contribution in [3.05, 3.63) is 35.4 Å². The molecule has 0 spiro atoms. The van der Waals surface area contributed by atoms with Gasteiger partial charge < -0.3 is 10.9 Å². The monoisotopic (exact) mass is 247 g/mol. The van der Waals surface area contributed by atoms with Crippen LogP contribution in [0.4, 0.5) is 0 Å². The summed E-state index contributed by atoms with van der Waals surface area (Å²) in [6.45, 7) is 4.26. The average Bonchev–Trinajstić information content (AvgIpc) is 2.86. The van der Waals surface area contributed by atoms with Crippen LogP contribution in [0.5, 0.6) is 0 Å². The predicted molar refractivity (Wildman–Crippen MR) is 72.7 cm³/mol. The summed E-state index contributed by atoms with van der Waals surface area (Å²) in [4.78, 5) is 2.49.